The molecule has 0 radical (unpaired) electrons. The Morgan fingerprint density at radius 1 is 1.27 bits per heavy atom. The highest BCUT2D eigenvalue weighted by Gasteiger charge is 2.44. The molecule has 4 rings (SSSR count). The van der Waals surface area contributed by atoms with E-state index in [1.165, 1.54) is 4.90 Å². The van der Waals surface area contributed by atoms with Gasteiger partial charge in [-0.05, 0) is 30.7 Å². The molecule has 0 fully saturated rings. The number of ether oxygens (including phenoxy) is 2. The number of carbonyl (C=O) groups is 2. The summed E-state index contributed by atoms with van der Waals surface area (Å²) in [6.45, 7) is 1.99. The fraction of sp³-hybridized carbons (Fsp3) is 0.200. The minimum Gasteiger partial charge on any atom is -0.462 e. The number of nitrogens with zero attached hydrogens (tertiary/aromatic N) is 1. The Morgan fingerprint density at radius 3 is 2.77 bits per heavy atom. The molecule has 132 valence electrons. The molecule has 2 aliphatic heterocycles. The van der Waals surface area contributed by atoms with Gasteiger partial charge in [0.25, 0.3) is 0 Å². The highest BCUT2D eigenvalue weighted by atomic mass is 35.5. The lowest BCUT2D eigenvalue weighted by atomic mass is 9.85. The predicted octanol–water partition coefficient (Wildman–Crippen LogP) is 4.03. The Labute approximate surface area is 155 Å². The zero-order chi connectivity index (χ0) is 18.3. The molecule has 0 unspecified atom stereocenters. The molecule has 0 saturated carbocycles. The summed E-state index contributed by atoms with van der Waals surface area (Å²) >= 11 is 6.07. The molecule has 2 aromatic rings. The first-order valence-corrected chi connectivity index (χ1v) is 8.74. The molecule has 0 bridgehead atoms. The van der Waals surface area contributed by atoms with Gasteiger partial charge in [-0.2, -0.15) is 0 Å². The van der Waals surface area contributed by atoms with Crippen LogP contribution in [0.1, 0.15) is 24.8 Å². The molecule has 2 aliphatic rings. The smallest absolute Gasteiger partial charge is 0.340 e. The van der Waals surface area contributed by atoms with Crippen molar-refractivity contribution in [2.75, 3.05) is 11.5 Å². The molecule has 0 saturated heterocycles. The zero-order valence-corrected chi connectivity index (χ0v) is 14.8. The number of esters is 1. The van der Waals surface area contributed by atoms with Crippen molar-refractivity contribution in [1.82, 2.24) is 0 Å². The lowest BCUT2D eigenvalue weighted by Crippen LogP contribution is -2.38. The number of benzene rings is 2. The molecule has 0 N–H and O–H groups in total. The summed E-state index contributed by atoms with van der Waals surface area (Å²) in [5.41, 5.74) is 1.77. The fourth-order valence-corrected chi connectivity index (χ4v) is 3.53. The van der Waals surface area contributed by atoms with Crippen molar-refractivity contribution >= 4 is 29.2 Å². The van der Waals surface area contributed by atoms with Gasteiger partial charge in [0, 0.05) is 17.4 Å². The number of rotatable bonds is 3. The molecular formula is C20H16ClNO4. The SMILES string of the molecule is CCOC(=O)C1=C2Oc3ccc(Cl)cc3N2C(=O)C[C@@H]1c1ccccc1. The van der Waals surface area contributed by atoms with Crippen LogP contribution < -0.4 is 9.64 Å². The fourth-order valence-electron chi connectivity index (χ4n) is 3.36. The molecule has 6 heteroatoms. The maximum Gasteiger partial charge on any atom is 0.340 e. The second-order valence-corrected chi connectivity index (χ2v) is 6.49. The minimum absolute atomic E-state index is 0.150. The summed E-state index contributed by atoms with van der Waals surface area (Å²) in [5.74, 6) is -0.339. The number of anilines is 1. The van der Waals surface area contributed by atoms with Crippen LogP contribution in [-0.2, 0) is 14.3 Å². The summed E-state index contributed by atoms with van der Waals surface area (Å²) in [7, 11) is 0. The first-order valence-electron chi connectivity index (χ1n) is 8.36. The molecule has 0 spiro atoms. The largest absolute Gasteiger partial charge is 0.462 e. The van der Waals surface area contributed by atoms with Crippen LogP contribution >= 0.6 is 11.6 Å². The number of amides is 1. The van der Waals surface area contributed by atoms with Crippen LogP contribution in [-0.4, -0.2) is 18.5 Å². The molecule has 0 aliphatic carbocycles. The van der Waals surface area contributed by atoms with E-state index in [1.54, 1.807) is 25.1 Å². The normalized spacial score (nSPS) is 18.3. The number of carbonyl (C=O) groups excluding carboxylic acids is 2. The molecular weight excluding hydrogens is 354 g/mol. The van der Waals surface area contributed by atoms with E-state index in [0.717, 1.165) is 5.56 Å². The molecule has 2 aromatic carbocycles. The van der Waals surface area contributed by atoms with E-state index in [9.17, 15) is 9.59 Å². The summed E-state index contributed by atoms with van der Waals surface area (Å²) in [4.78, 5) is 27.0. The van der Waals surface area contributed by atoms with E-state index in [2.05, 4.69) is 0 Å². The van der Waals surface area contributed by atoms with Crippen LogP contribution in [0.4, 0.5) is 5.69 Å². The summed E-state index contributed by atoms with van der Waals surface area (Å²) in [6.07, 6.45) is 0.150. The molecule has 26 heavy (non-hydrogen) atoms. The van der Waals surface area contributed by atoms with Crippen molar-refractivity contribution in [2.24, 2.45) is 0 Å². The number of halogens is 1. The highest BCUT2D eigenvalue weighted by Crippen LogP contribution is 2.47. The van der Waals surface area contributed by atoms with Gasteiger partial charge in [0.2, 0.25) is 11.8 Å². The summed E-state index contributed by atoms with van der Waals surface area (Å²) in [6, 6.07) is 14.5. The molecule has 5 nitrogen and oxygen atoms in total. The second-order valence-electron chi connectivity index (χ2n) is 6.05. The van der Waals surface area contributed by atoms with Crippen LogP contribution in [0.5, 0.6) is 5.75 Å². The number of fused-ring (bicyclic) bond motifs is 3. The van der Waals surface area contributed by atoms with Crippen LogP contribution in [0, 0.1) is 0 Å². The second kappa shape index (κ2) is 6.50. The van der Waals surface area contributed by atoms with E-state index >= 15 is 0 Å². The van der Waals surface area contributed by atoms with Crippen LogP contribution in [0.3, 0.4) is 0 Å². The Hall–Kier alpha value is -2.79. The van der Waals surface area contributed by atoms with E-state index in [4.69, 9.17) is 21.1 Å². The van der Waals surface area contributed by atoms with Gasteiger partial charge in [0.05, 0.1) is 12.3 Å². The standard InChI is InChI=1S/C20H16ClNO4/c1-2-25-20(24)18-14(12-6-4-3-5-7-12)11-17(23)22-15-10-13(21)8-9-16(15)26-19(18)22/h3-10,14H,2,11H2,1H3/t14-/m1/s1. The van der Waals surface area contributed by atoms with Gasteiger partial charge in [-0.15, -0.1) is 0 Å². The van der Waals surface area contributed by atoms with E-state index < -0.39 is 11.9 Å². The summed E-state index contributed by atoms with van der Waals surface area (Å²) in [5, 5.41) is 0.490. The van der Waals surface area contributed by atoms with Crippen molar-refractivity contribution < 1.29 is 19.1 Å². The molecule has 1 amide bonds. The molecule has 0 aromatic heterocycles. The van der Waals surface area contributed by atoms with Crippen LogP contribution in [0.25, 0.3) is 0 Å². The van der Waals surface area contributed by atoms with E-state index in [0.29, 0.717) is 22.0 Å². The minimum atomic E-state index is -0.479. The van der Waals surface area contributed by atoms with Gasteiger partial charge in [0.1, 0.15) is 5.57 Å². The van der Waals surface area contributed by atoms with Crippen molar-refractivity contribution in [1.29, 1.82) is 0 Å². The Balaban J connectivity index is 1.89. The Morgan fingerprint density at radius 2 is 2.04 bits per heavy atom. The summed E-state index contributed by atoms with van der Waals surface area (Å²) < 4.78 is 11.2. The van der Waals surface area contributed by atoms with Crippen molar-refractivity contribution in [2.45, 2.75) is 19.3 Å². The number of hydrogen-bond donors (Lipinski definition) is 0. The van der Waals surface area contributed by atoms with Crippen LogP contribution in [0.2, 0.25) is 5.02 Å². The third kappa shape index (κ3) is 2.65. The quantitative estimate of drug-likeness (QED) is 0.766. The topological polar surface area (TPSA) is 55.8 Å². The van der Waals surface area contributed by atoms with Gasteiger partial charge in [-0.1, -0.05) is 41.9 Å². The first-order chi connectivity index (χ1) is 12.6. The third-order valence-electron chi connectivity index (χ3n) is 4.48. The maximum atomic E-state index is 12.9. The maximum absolute atomic E-state index is 12.9. The lowest BCUT2D eigenvalue weighted by Gasteiger charge is -2.30. The Kier molecular flexibility index (Phi) is 4.17. The highest BCUT2D eigenvalue weighted by molar-refractivity contribution is 6.31. The van der Waals surface area contributed by atoms with Gasteiger partial charge in [0.15, 0.2) is 5.75 Å². The zero-order valence-electron chi connectivity index (χ0n) is 14.1. The average Bonchev–Trinajstić information content (AvgIpc) is 3.01. The van der Waals surface area contributed by atoms with Crippen molar-refractivity contribution in [3.63, 3.8) is 0 Å². The van der Waals surface area contributed by atoms with E-state index in [-0.39, 0.29) is 24.8 Å². The average molecular weight is 370 g/mol. The van der Waals surface area contributed by atoms with Crippen molar-refractivity contribution in [3.8, 4) is 5.75 Å². The van der Waals surface area contributed by atoms with Crippen LogP contribution in [0.15, 0.2) is 60.0 Å². The first kappa shape index (κ1) is 16.7. The number of hydrogen-bond acceptors (Lipinski definition) is 4. The monoisotopic (exact) mass is 369 g/mol. The Bertz CT molecular complexity index is 923. The van der Waals surface area contributed by atoms with Gasteiger partial charge >= 0.3 is 5.97 Å². The van der Waals surface area contributed by atoms with Gasteiger partial charge in [-0.3, -0.25) is 4.79 Å². The van der Waals surface area contributed by atoms with Gasteiger partial charge < -0.3 is 9.47 Å². The van der Waals surface area contributed by atoms with E-state index in [1.807, 2.05) is 30.3 Å². The lowest BCUT2D eigenvalue weighted by molar-refractivity contribution is -0.139. The van der Waals surface area contributed by atoms with Crippen molar-refractivity contribution in [3.05, 3.63) is 70.6 Å². The predicted molar refractivity (Wildman–Crippen MR) is 97.0 cm³/mol. The molecule has 1 atom stereocenters. The molecule has 2 heterocycles. The third-order valence-corrected chi connectivity index (χ3v) is 4.71. The van der Waals surface area contributed by atoms with Gasteiger partial charge in [-0.25, -0.2) is 9.69 Å².